The summed E-state index contributed by atoms with van der Waals surface area (Å²) in [4.78, 5) is 22.5. The lowest BCUT2D eigenvalue weighted by Gasteiger charge is -2.28. The smallest absolute Gasteiger partial charge is 0.254 e. The van der Waals surface area contributed by atoms with E-state index < -0.39 is 0 Å². The highest BCUT2D eigenvalue weighted by atomic mass is 19.1. The molecule has 30 heavy (non-hydrogen) atoms. The molecule has 1 atom stereocenters. The lowest BCUT2D eigenvalue weighted by atomic mass is 10.0. The minimum atomic E-state index is -0.367. The molecule has 0 bridgehead atoms. The Morgan fingerprint density at radius 1 is 1.23 bits per heavy atom. The molecule has 3 heterocycles. The Hall–Kier alpha value is -2.80. The second-order valence-electron chi connectivity index (χ2n) is 8.48. The zero-order valence-electron chi connectivity index (χ0n) is 18.0. The normalized spacial score (nSPS) is 18.2. The fraction of sp³-hybridized carbons (Fsp3) is 0.435. The van der Waals surface area contributed by atoms with Crippen LogP contribution in [-0.4, -0.2) is 63.2 Å². The topological polar surface area (TPSA) is 54.3 Å². The van der Waals surface area contributed by atoms with Crippen LogP contribution in [0.1, 0.15) is 43.6 Å². The molecule has 6 nitrogen and oxygen atoms in total. The van der Waals surface area contributed by atoms with Gasteiger partial charge in [-0.2, -0.15) is 5.10 Å². The van der Waals surface area contributed by atoms with Crippen LogP contribution in [-0.2, 0) is 0 Å². The molecule has 1 unspecified atom stereocenters. The molecule has 0 N–H and O–H groups in total. The largest absolute Gasteiger partial charge is 0.335 e. The Kier molecular flexibility index (Phi) is 5.56. The number of amides is 1. The van der Waals surface area contributed by atoms with E-state index in [1.165, 1.54) is 12.1 Å². The van der Waals surface area contributed by atoms with Gasteiger partial charge in [-0.05, 0) is 59.0 Å². The van der Waals surface area contributed by atoms with E-state index in [0.29, 0.717) is 28.7 Å². The summed E-state index contributed by atoms with van der Waals surface area (Å²) in [7, 11) is 2.08. The Balaban J connectivity index is 1.82. The van der Waals surface area contributed by atoms with E-state index >= 15 is 0 Å². The molecular weight excluding hydrogens is 381 g/mol. The number of carbonyl (C=O) groups is 1. The van der Waals surface area contributed by atoms with Crippen molar-refractivity contribution in [1.29, 1.82) is 0 Å². The molecule has 1 aliphatic heterocycles. The number of rotatable bonds is 3. The molecule has 0 radical (unpaired) electrons. The predicted molar refractivity (Wildman–Crippen MR) is 116 cm³/mol. The summed E-state index contributed by atoms with van der Waals surface area (Å²) >= 11 is 0. The number of benzene rings is 1. The first-order chi connectivity index (χ1) is 14.3. The number of carbonyl (C=O) groups excluding carboxylic acids is 1. The maximum absolute atomic E-state index is 14.0. The number of likely N-dealkylation sites (N-methyl/N-ethyl adjacent to an activating group) is 1. The fourth-order valence-corrected chi connectivity index (χ4v) is 4.11. The first kappa shape index (κ1) is 20.5. The summed E-state index contributed by atoms with van der Waals surface area (Å²) < 4.78 is 15.8. The van der Waals surface area contributed by atoms with E-state index in [2.05, 4.69) is 29.0 Å². The lowest BCUT2D eigenvalue weighted by Crippen LogP contribution is -2.42. The molecule has 1 aromatic carbocycles. The van der Waals surface area contributed by atoms with Gasteiger partial charge in [0.2, 0.25) is 0 Å². The molecule has 7 heteroatoms. The number of hydrogen-bond donors (Lipinski definition) is 0. The van der Waals surface area contributed by atoms with Crippen LogP contribution < -0.4 is 0 Å². The Labute approximate surface area is 176 Å². The molecule has 0 aliphatic carbocycles. The number of fused-ring (bicyclic) bond motifs is 1. The van der Waals surface area contributed by atoms with E-state index in [4.69, 9.17) is 0 Å². The van der Waals surface area contributed by atoms with Crippen molar-refractivity contribution >= 4 is 16.8 Å². The van der Waals surface area contributed by atoms with Crippen LogP contribution >= 0.6 is 0 Å². The lowest BCUT2D eigenvalue weighted by molar-refractivity contribution is 0.0698. The number of hydrogen-bond acceptors (Lipinski definition) is 4. The number of halogens is 1. The molecule has 4 rings (SSSR count). The van der Waals surface area contributed by atoms with Crippen LogP contribution in [0, 0.1) is 5.82 Å². The molecule has 1 aliphatic rings. The van der Waals surface area contributed by atoms with E-state index in [0.717, 1.165) is 25.1 Å². The van der Waals surface area contributed by atoms with Crippen LogP contribution in [0.4, 0.5) is 4.39 Å². The molecule has 3 aromatic rings. The zero-order valence-corrected chi connectivity index (χ0v) is 18.0. The summed E-state index contributed by atoms with van der Waals surface area (Å²) in [6.45, 7) is 8.68. The van der Waals surface area contributed by atoms with Gasteiger partial charge in [0.15, 0.2) is 0 Å². The molecule has 1 fully saturated rings. The van der Waals surface area contributed by atoms with Gasteiger partial charge in [-0.15, -0.1) is 0 Å². The first-order valence-electron chi connectivity index (χ1n) is 10.5. The van der Waals surface area contributed by atoms with Gasteiger partial charge in [-0.25, -0.2) is 9.37 Å². The summed E-state index contributed by atoms with van der Waals surface area (Å²) in [5, 5.41) is 5.06. The summed E-state index contributed by atoms with van der Waals surface area (Å²) in [5.74, 6) is -0.400. The monoisotopic (exact) mass is 409 g/mol. The molecule has 0 saturated carbocycles. The third kappa shape index (κ3) is 3.94. The van der Waals surface area contributed by atoms with Gasteiger partial charge < -0.3 is 9.80 Å². The number of pyridine rings is 1. The van der Waals surface area contributed by atoms with E-state index in [1.807, 2.05) is 35.7 Å². The average molecular weight is 410 g/mol. The average Bonchev–Trinajstić information content (AvgIpc) is 3.13. The SMILES string of the molecule is CC1CN(C)CCCN1C(=O)c1cc(-c2cnn(C(C)C)c2)nc2cc(F)ccc12. The van der Waals surface area contributed by atoms with Crippen LogP contribution in [0.15, 0.2) is 36.7 Å². The summed E-state index contributed by atoms with van der Waals surface area (Å²) in [6.07, 6.45) is 4.58. The minimum absolute atomic E-state index is 0.0330. The highest BCUT2D eigenvalue weighted by Gasteiger charge is 2.27. The van der Waals surface area contributed by atoms with Crippen molar-refractivity contribution in [2.24, 2.45) is 0 Å². The van der Waals surface area contributed by atoms with Gasteiger partial charge in [-0.1, -0.05) is 0 Å². The predicted octanol–water partition coefficient (Wildman–Crippen LogP) is 3.98. The zero-order chi connectivity index (χ0) is 21.4. The summed E-state index contributed by atoms with van der Waals surface area (Å²) in [6, 6.07) is 6.57. The van der Waals surface area contributed by atoms with Gasteiger partial charge in [0.1, 0.15) is 5.82 Å². The van der Waals surface area contributed by atoms with Crippen molar-refractivity contribution < 1.29 is 9.18 Å². The van der Waals surface area contributed by atoms with Crippen LogP contribution in [0.5, 0.6) is 0 Å². The Morgan fingerprint density at radius 2 is 2.03 bits per heavy atom. The van der Waals surface area contributed by atoms with Gasteiger partial charge in [-0.3, -0.25) is 9.48 Å². The Bertz CT molecular complexity index is 1080. The second-order valence-corrected chi connectivity index (χ2v) is 8.48. The number of aromatic nitrogens is 3. The molecule has 2 aromatic heterocycles. The highest BCUT2D eigenvalue weighted by Crippen LogP contribution is 2.28. The third-order valence-corrected chi connectivity index (χ3v) is 5.74. The van der Waals surface area contributed by atoms with Crippen molar-refractivity contribution in [3.05, 3.63) is 48.0 Å². The number of nitrogens with zero attached hydrogens (tertiary/aromatic N) is 5. The van der Waals surface area contributed by atoms with E-state index in [-0.39, 0.29) is 23.8 Å². The van der Waals surface area contributed by atoms with Gasteiger partial charge in [0.25, 0.3) is 5.91 Å². The standard InChI is InChI=1S/C23H28FN5O/c1-15(2)29-14-17(12-25-29)21-11-20(19-7-6-18(24)10-22(19)26-21)23(30)28-9-5-8-27(4)13-16(28)3/h6-7,10-12,14-16H,5,8-9,13H2,1-4H3. The first-order valence-corrected chi connectivity index (χ1v) is 10.5. The minimum Gasteiger partial charge on any atom is -0.335 e. The second kappa shape index (κ2) is 8.14. The molecule has 1 saturated heterocycles. The van der Waals surface area contributed by atoms with Crippen molar-refractivity contribution in [3.63, 3.8) is 0 Å². The molecule has 0 spiro atoms. The van der Waals surface area contributed by atoms with Crippen molar-refractivity contribution in [2.45, 2.75) is 39.3 Å². The van der Waals surface area contributed by atoms with Gasteiger partial charge >= 0.3 is 0 Å². The van der Waals surface area contributed by atoms with E-state index in [9.17, 15) is 9.18 Å². The fourth-order valence-electron chi connectivity index (χ4n) is 4.11. The summed E-state index contributed by atoms with van der Waals surface area (Å²) in [5.41, 5.74) is 2.48. The Morgan fingerprint density at radius 3 is 2.77 bits per heavy atom. The highest BCUT2D eigenvalue weighted by molar-refractivity contribution is 6.07. The third-order valence-electron chi connectivity index (χ3n) is 5.74. The quantitative estimate of drug-likeness (QED) is 0.657. The van der Waals surface area contributed by atoms with Crippen LogP contribution in [0.3, 0.4) is 0 Å². The van der Waals surface area contributed by atoms with Crippen LogP contribution in [0.2, 0.25) is 0 Å². The van der Waals surface area contributed by atoms with Crippen molar-refractivity contribution in [1.82, 2.24) is 24.6 Å². The maximum Gasteiger partial charge on any atom is 0.254 e. The van der Waals surface area contributed by atoms with Gasteiger partial charge in [0, 0.05) is 48.4 Å². The van der Waals surface area contributed by atoms with Crippen molar-refractivity contribution in [3.8, 4) is 11.3 Å². The maximum atomic E-state index is 14.0. The van der Waals surface area contributed by atoms with E-state index in [1.54, 1.807) is 12.3 Å². The molecule has 1 amide bonds. The molecule has 158 valence electrons. The molecular formula is C23H28FN5O. The van der Waals surface area contributed by atoms with Crippen molar-refractivity contribution in [2.75, 3.05) is 26.7 Å². The van der Waals surface area contributed by atoms with Gasteiger partial charge in [0.05, 0.1) is 23.0 Å². The van der Waals surface area contributed by atoms with Crippen LogP contribution in [0.25, 0.3) is 22.2 Å².